The van der Waals surface area contributed by atoms with Crippen LogP contribution >= 0.6 is 0 Å². The molecule has 44 heavy (non-hydrogen) atoms. The number of nitrogens with one attached hydrogen (secondary N) is 1. The number of pyridine rings is 1. The lowest BCUT2D eigenvalue weighted by molar-refractivity contribution is -0.118. The summed E-state index contributed by atoms with van der Waals surface area (Å²) in [5.74, 6) is 0.283. The number of hydrogen-bond donors (Lipinski definition) is 1. The van der Waals surface area contributed by atoms with Crippen molar-refractivity contribution in [1.82, 2.24) is 24.9 Å². The fourth-order valence-corrected chi connectivity index (χ4v) is 6.42. The molecule has 0 radical (unpaired) electrons. The van der Waals surface area contributed by atoms with Crippen LogP contribution in [0.4, 0.5) is 11.8 Å². The molecule has 5 rings (SSSR count). The molecule has 0 aliphatic heterocycles. The summed E-state index contributed by atoms with van der Waals surface area (Å²) in [6, 6.07) is 12.3. The van der Waals surface area contributed by atoms with E-state index in [1.54, 1.807) is 56.0 Å². The highest BCUT2D eigenvalue weighted by Gasteiger charge is 2.41. The summed E-state index contributed by atoms with van der Waals surface area (Å²) in [7, 11) is -2.14. The highest BCUT2D eigenvalue weighted by Crippen LogP contribution is 2.34. The molecule has 1 unspecified atom stereocenters. The van der Waals surface area contributed by atoms with Crippen molar-refractivity contribution >= 4 is 27.7 Å². The first-order valence-electron chi connectivity index (χ1n) is 14.4. The van der Waals surface area contributed by atoms with Gasteiger partial charge in [0, 0.05) is 18.0 Å². The molecule has 1 saturated carbocycles. The Morgan fingerprint density at radius 3 is 2.43 bits per heavy atom. The second kappa shape index (κ2) is 13.3. The number of amides is 1. The van der Waals surface area contributed by atoms with Crippen LogP contribution in [0.2, 0.25) is 0 Å². The molecule has 1 amide bonds. The largest absolute Gasteiger partial charge is 0.497 e. The zero-order valence-corrected chi connectivity index (χ0v) is 25.9. The van der Waals surface area contributed by atoms with Crippen molar-refractivity contribution in [3.8, 4) is 22.9 Å². The number of aromatic nitrogens is 5. The van der Waals surface area contributed by atoms with Crippen LogP contribution in [0.5, 0.6) is 11.6 Å². The van der Waals surface area contributed by atoms with Crippen molar-refractivity contribution in [2.45, 2.75) is 51.3 Å². The molecular formula is C31H35N7O5S. The topological polar surface area (TPSA) is 149 Å². The lowest BCUT2D eigenvalue weighted by atomic mass is 9.91. The predicted molar refractivity (Wildman–Crippen MR) is 166 cm³/mol. The molecule has 13 heteroatoms. The van der Waals surface area contributed by atoms with Crippen molar-refractivity contribution in [3.63, 3.8) is 0 Å². The fraction of sp³-hybridized carbons (Fsp3) is 0.355. The number of rotatable bonds is 13. The smallest absolute Gasteiger partial charge is 0.240 e. The summed E-state index contributed by atoms with van der Waals surface area (Å²) in [5.41, 5.74) is 2.47. The second-order valence-corrected chi connectivity index (χ2v) is 12.8. The van der Waals surface area contributed by atoms with Gasteiger partial charge in [-0.15, -0.1) is 0 Å². The van der Waals surface area contributed by atoms with Gasteiger partial charge in [-0.05, 0) is 61.6 Å². The molecule has 1 aliphatic carbocycles. The minimum absolute atomic E-state index is 0.0292. The van der Waals surface area contributed by atoms with E-state index < -0.39 is 21.2 Å². The molecule has 0 saturated heterocycles. The maximum Gasteiger partial charge on any atom is 0.240 e. The number of hydrogen-bond acceptors (Lipinski definition) is 10. The maximum atomic E-state index is 13.6. The van der Waals surface area contributed by atoms with Crippen LogP contribution in [0, 0.1) is 5.92 Å². The third kappa shape index (κ3) is 7.10. The van der Waals surface area contributed by atoms with E-state index in [-0.39, 0.29) is 24.3 Å². The van der Waals surface area contributed by atoms with Gasteiger partial charge in [0.2, 0.25) is 27.8 Å². The van der Waals surface area contributed by atoms with Gasteiger partial charge in [-0.1, -0.05) is 26.0 Å². The number of carbonyl (C=O) groups is 1. The molecule has 230 valence electrons. The Morgan fingerprint density at radius 2 is 1.80 bits per heavy atom. The van der Waals surface area contributed by atoms with E-state index in [4.69, 9.17) is 9.47 Å². The minimum atomic E-state index is -3.71. The average molecular weight is 618 g/mol. The van der Waals surface area contributed by atoms with Crippen molar-refractivity contribution < 1.29 is 22.7 Å². The molecule has 1 aromatic carbocycles. The first-order valence-corrected chi connectivity index (χ1v) is 15.9. The molecular weight excluding hydrogens is 582 g/mol. The van der Waals surface area contributed by atoms with E-state index in [1.165, 1.54) is 10.5 Å². The highest BCUT2D eigenvalue weighted by atomic mass is 32.2. The normalized spacial score (nSPS) is 13.8. The number of sulfonamides is 1. The first-order chi connectivity index (χ1) is 21.2. The number of methoxy groups -OCH3 is 1. The van der Waals surface area contributed by atoms with E-state index in [0.717, 1.165) is 5.56 Å². The van der Waals surface area contributed by atoms with Gasteiger partial charge < -0.3 is 14.8 Å². The Bertz CT molecular complexity index is 1700. The lowest BCUT2D eigenvalue weighted by Gasteiger charge is -2.25. The van der Waals surface area contributed by atoms with Gasteiger partial charge in [-0.2, -0.15) is 0 Å². The molecule has 1 N–H and O–H groups in total. The van der Waals surface area contributed by atoms with Gasteiger partial charge in [0.25, 0.3) is 0 Å². The molecule has 1 aliphatic rings. The molecule has 1 atom stereocenters. The van der Waals surface area contributed by atoms with E-state index >= 15 is 0 Å². The first kappa shape index (κ1) is 30.8. The van der Waals surface area contributed by atoms with Gasteiger partial charge >= 0.3 is 0 Å². The van der Waals surface area contributed by atoms with Crippen LogP contribution < -0.4 is 19.1 Å². The third-order valence-electron chi connectivity index (χ3n) is 7.11. The Labute approximate surface area is 257 Å². The Morgan fingerprint density at radius 1 is 1.02 bits per heavy atom. The van der Waals surface area contributed by atoms with Crippen LogP contribution in [0.1, 0.15) is 50.8 Å². The molecule has 4 aromatic rings. The number of benzene rings is 1. The van der Waals surface area contributed by atoms with Crippen molar-refractivity contribution in [3.05, 3.63) is 78.5 Å². The van der Waals surface area contributed by atoms with Crippen LogP contribution in [0.3, 0.4) is 0 Å². The zero-order chi connectivity index (χ0) is 31.3. The third-order valence-corrected chi connectivity index (χ3v) is 9.33. The molecule has 3 aromatic heterocycles. The molecule has 12 nitrogen and oxygen atoms in total. The molecule has 0 spiro atoms. The number of nitrogens with zero attached hydrogens (tertiary/aromatic N) is 6. The molecule has 3 heterocycles. The van der Waals surface area contributed by atoms with Crippen molar-refractivity contribution in [2.24, 2.45) is 5.92 Å². The number of ether oxygens (including phenoxy) is 2. The Kier molecular flexibility index (Phi) is 9.33. The monoisotopic (exact) mass is 617 g/mol. The van der Waals surface area contributed by atoms with Gasteiger partial charge in [0.05, 0.1) is 55.2 Å². The SMILES string of the molecule is CCOc1cncc(-c2ccc(NC(=O)C(c3ccnc(N(Cc4ccc(OC)cc4)S(=O)(=O)C4CC4)n3)C(C)C)nc2)n1. The van der Waals surface area contributed by atoms with Crippen LogP contribution in [-0.4, -0.2) is 58.2 Å². The van der Waals surface area contributed by atoms with E-state index in [1.807, 2.05) is 32.9 Å². The van der Waals surface area contributed by atoms with Crippen LogP contribution in [0.15, 0.2) is 67.3 Å². The summed E-state index contributed by atoms with van der Waals surface area (Å²) in [4.78, 5) is 35.5. The summed E-state index contributed by atoms with van der Waals surface area (Å²) in [5, 5.41) is 2.40. The van der Waals surface area contributed by atoms with E-state index in [9.17, 15) is 13.2 Å². The summed E-state index contributed by atoms with van der Waals surface area (Å²) in [6.45, 7) is 6.21. The molecule has 1 fully saturated rings. The van der Waals surface area contributed by atoms with E-state index in [2.05, 4.69) is 30.2 Å². The van der Waals surface area contributed by atoms with Crippen molar-refractivity contribution in [2.75, 3.05) is 23.3 Å². The number of anilines is 2. The summed E-state index contributed by atoms with van der Waals surface area (Å²) < 4.78 is 38.9. The van der Waals surface area contributed by atoms with Gasteiger partial charge in [-0.25, -0.2) is 32.7 Å². The average Bonchev–Trinajstić information content (AvgIpc) is 3.88. The maximum absolute atomic E-state index is 13.6. The van der Waals surface area contributed by atoms with Crippen LogP contribution in [0.25, 0.3) is 11.3 Å². The van der Waals surface area contributed by atoms with Gasteiger partial charge in [-0.3, -0.25) is 9.78 Å². The van der Waals surface area contributed by atoms with Crippen molar-refractivity contribution in [1.29, 1.82) is 0 Å². The number of carbonyl (C=O) groups excluding carboxylic acids is 1. The quantitative estimate of drug-likeness (QED) is 0.225. The summed E-state index contributed by atoms with van der Waals surface area (Å²) >= 11 is 0. The van der Waals surface area contributed by atoms with Crippen LogP contribution in [-0.2, 0) is 21.4 Å². The van der Waals surface area contributed by atoms with E-state index in [0.29, 0.717) is 53.8 Å². The highest BCUT2D eigenvalue weighted by molar-refractivity contribution is 7.93. The summed E-state index contributed by atoms with van der Waals surface area (Å²) in [6.07, 6.45) is 7.43. The predicted octanol–water partition coefficient (Wildman–Crippen LogP) is 4.61. The Balaban J connectivity index is 1.38. The van der Waals surface area contributed by atoms with Gasteiger partial charge in [0.1, 0.15) is 11.6 Å². The lowest BCUT2D eigenvalue weighted by Crippen LogP contribution is -2.35. The zero-order valence-electron chi connectivity index (χ0n) is 25.0. The van der Waals surface area contributed by atoms with Gasteiger partial charge in [0.15, 0.2) is 0 Å². The standard InChI is InChI=1S/C31H35N7O5S/c1-5-43-28-18-32-17-26(35-28)22-8-13-27(34-16-22)37-30(39)29(20(2)3)25-14-15-33-31(36-25)38(44(40,41)24-11-12-24)19-21-6-9-23(42-4)10-7-21/h6-10,13-18,20,24,29H,5,11-12,19H2,1-4H3,(H,34,37,39). The second-order valence-electron chi connectivity index (χ2n) is 10.7. The molecule has 0 bridgehead atoms. The fourth-order valence-electron chi connectivity index (χ4n) is 4.68. The Hall–Kier alpha value is -4.65. The minimum Gasteiger partial charge on any atom is -0.497 e.